The first-order valence-corrected chi connectivity index (χ1v) is 12.0. The van der Waals surface area contributed by atoms with Gasteiger partial charge in [0.1, 0.15) is 12.4 Å². The number of nitrogens with zero attached hydrogens (tertiary/aromatic N) is 2. The van der Waals surface area contributed by atoms with Gasteiger partial charge in [0, 0.05) is 24.6 Å². The molecule has 0 aromatic heterocycles. The third-order valence-electron chi connectivity index (χ3n) is 6.34. The first-order chi connectivity index (χ1) is 16.2. The van der Waals surface area contributed by atoms with Gasteiger partial charge in [0.15, 0.2) is 0 Å². The molecule has 0 radical (unpaired) electrons. The fraction of sp³-hybridized carbons (Fsp3) is 0.444. The van der Waals surface area contributed by atoms with Gasteiger partial charge in [-0.05, 0) is 55.5 Å². The van der Waals surface area contributed by atoms with Crippen LogP contribution in [0.15, 0.2) is 42.5 Å². The lowest BCUT2D eigenvalue weighted by atomic mass is 9.94. The molecule has 2 aliphatic rings. The highest BCUT2D eigenvalue weighted by Crippen LogP contribution is 2.45. The summed E-state index contributed by atoms with van der Waals surface area (Å²) < 4.78 is 18.8. The summed E-state index contributed by atoms with van der Waals surface area (Å²) in [7, 11) is 0. The number of amides is 3. The van der Waals surface area contributed by atoms with Gasteiger partial charge in [0.25, 0.3) is 5.91 Å². The van der Waals surface area contributed by atoms with Gasteiger partial charge in [-0.25, -0.2) is 14.1 Å². The average molecular weight is 469 g/mol. The van der Waals surface area contributed by atoms with Crippen molar-refractivity contribution in [3.05, 3.63) is 70.5 Å². The number of hydrogen-bond acceptors (Lipinski definition) is 4. The van der Waals surface area contributed by atoms with E-state index in [0.717, 1.165) is 33.6 Å². The van der Waals surface area contributed by atoms with Gasteiger partial charge in [-0.1, -0.05) is 51.1 Å². The molecule has 7 heteroatoms. The number of aryl methyl sites for hydroxylation is 2. The number of fused-ring (bicyclic) bond motifs is 2. The van der Waals surface area contributed by atoms with Crippen LogP contribution in [0, 0.1) is 5.82 Å². The van der Waals surface area contributed by atoms with E-state index in [1.165, 1.54) is 12.1 Å². The summed E-state index contributed by atoms with van der Waals surface area (Å²) in [4.78, 5) is 41.6. The van der Waals surface area contributed by atoms with Crippen LogP contribution in [0.4, 0.5) is 9.18 Å². The molecule has 1 aliphatic heterocycles. The average Bonchev–Trinajstić information content (AvgIpc) is 3.31. The minimum absolute atomic E-state index is 0.171. The summed E-state index contributed by atoms with van der Waals surface area (Å²) in [5.41, 5.74) is 2.32. The summed E-state index contributed by atoms with van der Waals surface area (Å²) in [6.45, 7) is 9.63. The van der Waals surface area contributed by atoms with Crippen molar-refractivity contribution >= 4 is 17.9 Å². The van der Waals surface area contributed by atoms with E-state index < -0.39 is 17.6 Å². The number of carbonyl (C=O) groups excluding carboxylic acids is 3. The Morgan fingerprint density at radius 3 is 2.38 bits per heavy atom. The summed E-state index contributed by atoms with van der Waals surface area (Å²) in [5, 5.41) is 0. The summed E-state index contributed by atoms with van der Waals surface area (Å²) >= 11 is 0. The number of benzene rings is 2. The van der Waals surface area contributed by atoms with Crippen LogP contribution < -0.4 is 0 Å². The molecule has 1 saturated heterocycles. The van der Waals surface area contributed by atoms with E-state index in [4.69, 9.17) is 4.74 Å². The molecule has 34 heavy (non-hydrogen) atoms. The Hall–Kier alpha value is -3.22. The van der Waals surface area contributed by atoms with E-state index in [9.17, 15) is 18.8 Å². The summed E-state index contributed by atoms with van der Waals surface area (Å²) in [5.74, 6) is -1.20. The smallest absolute Gasteiger partial charge is 0.418 e. The number of imide groups is 1. The van der Waals surface area contributed by atoms with Crippen molar-refractivity contribution < 1.29 is 23.5 Å². The van der Waals surface area contributed by atoms with Crippen LogP contribution in [0.1, 0.15) is 63.3 Å². The van der Waals surface area contributed by atoms with E-state index in [1.54, 1.807) is 17.0 Å². The number of halogens is 1. The quantitative estimate of drug-likeness (QED) is 0.600. The number of ether oxygens (including phenoxy) is 1. The van der Waals surface area contributed by atoms with Crippen LogP contribution in [-0.2, 0) is 39.3 Å². The second-order valence-electron chi connectivity index (χ2n) is 8.67. The molecular formula is C27H33FN2O4. The van der Waals surface area contributed by atoms with Crippen LogP contribution in [0.5, 0.6) is 0 Å². The topological polar surface area (TPSA) is 66.9 Å². The van der Waals surface area contributed by atoms with E-state index in [2.05, 4.69) is 13.0 Å². The molecule has 2 aromatic rings. The van der Waals surface area contributed by atoms with Gasteiger partial charge in [-0.3, -0.25) is 9.59 Å². The van der Waals surface area contributed by atoms with Gasteiger partial charge in [0.2, 0.25) is 11.5 Å². The molecule has 4 rings (SSSR count). The second kappa shape index (κ2) is 10.4. The van der Waals surface area contributed by atoms with Gasteiger partial charge < -0.3 is 9.64 Å². The van der Waals surface area contributed by atoms with Crippen molar-refractivity contribution in [3.63, 3.8) is 0 Å². The molecule has 0 unspecified atom stereocenters. The zero-order chi connectivity index (χ0) is 25.0. The normalized spacial score (nSPS) is 18.6. The minimum atomic E-state index is -1.33. The zero-order valence-electron chi connectivity index (χ0n) is 20.6. The Morgan fingerprint density at radius 2 is 1.76 bits per heavy atom. The maximum Gasteiger partial charge on any atom is 0.418 e. The largest absolute Gasteiger partial charge is 0.427 e. The Morgan fingerprint density at radius 1 is 1.12 bits per heavy atom. The maximum atomic E-state index is 13.3. The van der Waals surface area contributed by atoms with Crippen molar-refractivity contribution in [2.24, 2.45) is 0 Å². The molecule has 1 aliphatic carbocycles. The van der Waals surface area contributed by atoms with Gasteiger partial charge in [-0.2, -0.15) is 0 Å². The highest BCUT2D eigenvalue weighted by Gasteiger charge is 2.58. The maximum absolute atomic E-state index is 13.3. The van der Waals surface area contributed by atoms with Crippen molar-refractivity contribution in [1.82, 2.24) is 9.80 Å². The monoisotopic (exact) mass is 468 g/mol. The standard InChI is InChI=1S/C25H27FN2O4.C2H6/c1-4-17-7-10-21-19(13-17)11-12-25(21)23(30)28(24(31)32-25)15-22(29)27(16(2)3)14-18-5-8-20(26)9-6-18;1-2/h5-10,13,16H,4,11-12,14-15H2,1-3H3;1-2H3/t25-;/m1./s1. The van der Waals surface area contributed by atoms with Crippen molar-refractivity contribution in [1.29, 1.82) is 0 Å². The molecule has 1 atom stereocenters. The lowest BCUT2D eigenvalue weighted by Gasteiger charge is -2.28. The summed E-state index contributed by atoms with van der Waals surface area (Å²) in [6, 6.07) is 11.6. The zero-order valence-corrected chi connectivity index (χ0v) is 20.6. The van der Waals surface area contributed by atoms with Crippen LogP contribution in [-0.4, -0.2) is 40.3 Å². The molecule has 0 saturated carbocycles. The molecule has 1 heterocycles. The Kier molecular flexibility index (Phi) is 7.75. The van der Waals surface area contributed by atoms with Gasteiger partial charge >= 0.3 is 6.09 Å². The van der Waals surface area contributed by atoms with Crippen molar-refractivity contribution in [2.45, 2.75) is 72.1 Å². The van der Waals surface area contributed by atoms with Crippen LogP contribution in [0.25, 0.3) is 0 Å². The minimum Gasteiger partial charge on any atom is -0.427 e. The molecule has 1 spiro atoms. The predicted octanol–water partition coefficient (Wildman–Crippen LogP) is 4.97. The SMILES string of the molecule is CC.CCc1ccc2c(c1)CC[C@@]21OC(=O)N(CC(=O)N(Cc2ccc(F)cc2)C(C)C)C1=O. The number of hydrogen-bond donors (Lipinski definition) is 0. The highest BCUT2D eigenvalue weighted by atomic mass is 19.1. The Balaban J connectivity index is 0.00000158. The Labute approximate surface area is 200 Å². The molecule has 182 valence electrons. The third kappa shape index (κ3) is 4.69. The van der Waals surface area contributed by atoms with E-state index >= 15 is 0 Å². The van der Waals surface area contributed by atoms with Gasteiger partial charge in [0.05, 0.1) is 0 Å². The fourth-order valence-corrected chi connectivity index (χ4v) is 4.50. The fourth-order valence-electron chi connectivity index (χ4n) is 4.50. The van der Waals surface area contributed by atoms with Crippen molar-refractivity contribution in [3.8, 4) is 0 Å². The van der Waals surface area contributed by atoms with Gasteiger partial charge in [-0.15, -0.1) is 0 Å². The number of rotatable bonds is 6. The highest BCUT2D eigenvalue weighted by molar-refractivity contribution is 6.06. The third-order valence-corrected chi connectivity index (χ3v) is 6.34. The van der Waals surface area contributed by atoms with E-state index in [-0.39, 0.29) is 30.9 Å². The van der Waals surface area contributed by atoms with Crippen LogP contribution in [0.3, 0.4) is 0 Å². The van der Waals surface area contributed by atoms with Crippen LogP contribution in [0.2, 0.25) is 0 Å². The lowest BCUT2D eigenvalue weighted by Crippen LogP contribution is -2.46. The predicted molar refractivity (Wildman–Crippen MR) is 127 cm³/mol. The second-order valence-corrected chi connectivity index (χ2v) is 8.67. The molecule has 3 amide bonds. The Bertz CT molecular complexity index is 1070. The lowest BCUT2D eigenvalue weighted by molar-refractivity contribution is -0.142. The van der Waals surface area contributed by atoms with Crippen LogP contribution >= 0.6 is 0 Å². The molecule has 0 N–H and O–H groups in total. The van der Waals surface area contributed by atoms with Crippen molar-refractivity contribution in [2.75, 3.05) is 6.54 Å². The molecule has 2 aromatic carbocycles. The molecule has 6 nitrogen and oxygen atoms in total. The molecule has 0 bridgehead atoms. The van der Waals surface area contributed by atoms with E-state index in [0.29, 0.717) is 12.8 Å². The molecular weight excluding hydrogens is 435 g/mol. The molecule has 1 fully saturated rings. The first-order valence-electron chi connectivity index (χ1n) is 12.0. The van der Waals surface area contributed by atoms with E-state index in [1.807, 2.05) is 39.8 Å². The summed E-state index contributed by atoms with van der Waals surface area (Å²) in [6.07, 6.45) is 1.12. The first kappa shape index (κ1) is 25.4. The number of carbonyl (C=O) groups is 3.